The van der Waals surface area contributed by atoms with Crippen molar-refractivity contribution in [3.63, 3.8) is 0 Å². The number of halogens is 1. The zero-order valence-electron chi connectivity index (χ0n) is 7.33. The van der Waals surface area contributed by atoms with Crippen LogP contribution in [0.2, 0.25) is 5.02 Å². The van der Waals surface area contributed by atoms with E-state index in [1.54, 1.807) is 18.2 Å². The average molecular weight is 202 g/mol. The fourth-order valence-corrected chi connectivity index (χ4v) is 1.27. The number of hydrogen-bond acceptors (Lipinski definition) is 3. The molecule has 0 fully saturated rings. The van der Waals surface area contributed by atoms with Crippen LogP contribution in [0.4, 0.5) is 0 Å². The molecule has 1 aromatic carbocycles. The molecular weight excluding hydrogens is 190 g/mol. The Bertz CT molecular complexity index is 291. The number of nitrogens with two attached hydrogens (primary N) is 1. The summed E-state index contributed by atoms with van der Waals surface area (Å²) >= 11 is 5.77. The van der Waals surface area contributed by atoms with E-state index in [-0.39, 0.29) is 6.54 Å². The van der Waals surface area contributed by atoms with Gasteiger partial charge in [0.15, 0.2) is 0 Å². The highest BCUT2D eigenvalue weighted by atomic mass is 35.5. The van der Waals surface area contributed by atoms with E-state index >= 15 is 0 Å². The van der Waals surface area contributed by atoms with Gasteiger partial charge in [0.2, 0.25) is 0 Å². The first-order chi connectivity index (χ1) is 6.19. The zero-order valence-corrected chi connectivity index (χ0v) is 8.08. The van der Waals surface area contributed by atoms with Gasteiger partial charge < -0.3 is 15.6 Å². The van der Waals surface area contributed by atoms with Gasteiger partial charge in [0, 0.05) is 17.1 Å². The average Bonchev–Trinajstić information content (AvgIpc) is 2.16. The summed E-state index contributed by atoms with van der Waals surface area (Å²) in [6, 6.07) is 5.06. The molecule has 1 atom stereocenters. The Morgan fingerprint density at radius 2 is 2.31 bits per heavy atom. The second kappa shape index (κ2) is 4.46. The lowest BCUT2D eigenvalue weighted by molar-refractivity contribution is 0.182. The van der Waals surface area contributed by atoms with Gasteiger partial charge in [-0.25, -0.2) is 0 Å². The summed E-state index contributed by atoms with van der Waals surface area (Å²) in [6.45, 7) is 0.150. The highest BCUT2D eigenvalue weighted by Crippen LogP contribution is 2.27. The summed E-state index contributed by atoms with van der Waals surface area (Å²) in [7, 11) is 1.54. The van der Waals surface area contributed by atoms with Gasteiger partial charge in [-0.05, 0) is 18.2 Å². The molecular formula is C9H12ClNO2. The first-order valence-electron chi connectivity index (χ1n) is 3.90. The maximum Gasteiger partial charge on any atom is 0.124 e. The minimum atomic E-state index is -0.728. The van der Waals surface area contributed by atoms with Crippen molar-refractivity contribution in [3.05, 3.63) is 28.8 Å². The van der Waals surface area contributed by atoms with Crippen LogP contribution in [-0.2, 0) is 0 Å². The van der Waals surface area contributed by atoms with Crippen molar-refractivity contribution < 1.29 is 9.84 Å². The van der Waals surface area contributed by atoms with Crippen LogP contribution in [0.15, 0.2) is 18.2 Å². The molecule has 0 radical (unpaired) electrons. The van der Waals surface area contributed by atoms with Gasteiger partial charge in [-0.2, -0.15) is 0 Å². The molecule has 4 heteroatoms. The lowest BCUT2D eigenvalue weighted by Crippen LogP contribution is -2.12. The molecule has 0 aliphatic heterocycles. The lowest BCUT2D eigenvalue weighted by atomic mass is 10.1. The summed E-state index contributed by atoms with van der Waals surface area (Å²) in [5, 5.41) is 10.1. The van der Waals surface area contributed by atoms with Crippen LogP contribution < -0.4 is 10.5 Å². The van der Waals surface area contributed by atoms with Crippen LogP contribution >= 0.6 is 11.6 Å². The number of benzene rings is 1. The summed E-state index contributed by atoms with van der Waals surface area (Å²) in [6.07, 6.45) is -0.728. The van der Waals surface area contributed by atoms with Gasteiger partial charge >= 0.3 is 0 Å². The SMILES string of the molecule is COc1ccc(Cl)cc1C(O)CN. The summed E-state index contributed by atoms with van der Waals surface area (Å²) < 4.78 is 5.05. The summed E-state index contributed by atoms with van der Waals surface area (Å²) in [4.78, 5) is 0. The normalized spacial score (nSPS) is 12.6. The summed E-state index contributed by atoms with van der Waals surface area (Å²) in [5.41, 5.74) is 5.95. The molecule has 13 heavy (non-hydrogen) atoms. The van der Waals surface area contributed by atoms with Gasteiger partial charge in [0.25, 0.3) is 0 Å². The zero-order chi connectivity index (χ0) is 9.84. The molecule has 0 aliphatic rings. The smallest absolute Gasteiger partial charge is 0.124 e. The Hall–Kier alpha value is -0.770. The highest BCUT2D eigenvalue weighted by molar-refractivity contribution is 6.30. The van der Waals surface area contributed by atoms with Crippen molar-refractivity contribution in [2.75, 3.05) is 13.7 Å². The standard InChI is InChI=1S/C9H12ClNO2/c1-13-9-3-2-6(10)4-7(9)8(12)5-11/h2-4,8,12H,5,11H2,1H3. The van der Waals surface area contributed by atoms with Crippen LogP contribution in [0.25, 0.3) is 0 Å². The molecule has 3 nitrogen and oxygen atoms in total. The molecule has 0 spiro atoms. The van der Waals surface area contributed by atoms with Crippen molar-refractivity contribution in [1.29, 1.82) is 0 Å². The third-order valence-corrected chi connectivity index (χ3v) is 2.01. The maximum atomic E-state index is 9.50. The number of aliphatic hydroxyl groups is 1. The van der Waals surface area contributed by atoms with E-state index in [0.717, 1.165) is 0 Å². The van der Waals surface area contributed by atoms with Crippen molar-refractivity contribution in [2.45, 2.75) is 6.10 Å². The predicted octanol–water partition coefficient (Wildman–Crippen LogP) is 1.34. The number of hydrogen-bond donors (Lipinski definition) is 2. The minimum absolute atomic E-state index is 0.150. The fourth-order valence-electron chi connectivity index (χ4n) is 1.09. The third-order valence-electron chi connectivity index (χ3n) is 1.77. The number of methoxy groups -OCH3 is 1. The van der Waals surface area contributed by atoms with Crippen molar-refractivity contribution >= 4 is 11.6 Å². The van der Waals surface area contributed by atoms with Gasteiger partial charge in [-0.15, -0.1) is 0 Å². The van der Waals surface area contributed by atoms with Crippen LogP contribution in [0, 0.1) is 0 Å². The van der Waals surface area contributed by atoms with E-state index < -0.39 is 6.10 Å². The largest absolute Gasteiger partial charge is 0.496 e. The third kappa shape index (κ3) is 2.34. The Balaban J connectivity index is 3.07. The summed E-state index contributed by atoms with van der Waals surface area (Å²) in [5.74, 6) is 0.599. The Morgan fingerprint density at radius 1 is 1.62 bits per heavy atom. The molecule has 1 rings (SSSR count). The molecule has 72 valence electrons. The van der Waals surface area contributed by atoms with E-state index in [2.05, 4.69) is 0 Å². The molecule has 0 amide bonds. The van der Waals surface area contributed by atoms with Gasteiger partial charge in [-0.1, -0.05) is 11.6 Å². The van der Waals surface area contributed by atoms with Gasteiger partial charge in [0.05, 0.1) is 13.2 Å². The van der Waals surface area contributed by atoms with Gasteiger partial charge in [-0.3, -0.25) is 0 Å². The predicted molar refractivity (Wildman–Crippen MR) is 52.0 cm³/mol. The fraction of sp³-hybridized carbons (Fsp3) is 0.333. The monoisotopic (exact) mass is 201 g/mol. The van der Waals surface area contributed by atoms with E-state index in [9.17, 15) is 5.11 Å². The molecule has 1 aromatic rings. The first kappa shape index (κ1) is 10.3. The van der Waals surface area contributed by atoms with Gasteiger partial charge in [0.1, 0.15) is 5.75 Å². The Labute approximate surface area is 82.1 Å². The van der Waals surface area contributed by atoms with E-state index in [1.807, 2.05) is 0 Å². The number of aliphatic hydroxyl groups excluding tert-OH is 1. The molecule has 0 saturated heterocycles. The molecule has 0 aromatic heterocycles. The van der Waals surface area contributed by atoms with Crippen molar-refractivity contribution in [3.8, 4) is 5.75 Å². The topological polar surface area (TPSA) is 55.5 Å². The quantitative estimate of drug-likeness (QED) is 0.776. The second-order valence-corrected chi connectivity index (χ2v) is 3.07. The Kier molecular flexibility index (Phi) is 3.54. The van der Waals surface area contributed by atoms with Crippen molar-refractivity contribution in [2.24, 2.45) is 5.73 Å². The second-order valence-electron chi connectivity index (χ2n) is 2.64. The number of ether oxygens (including phenoxy) is 1. The van der Waals surface area contributed by atoms with Crippen LogP contribution in [0.1, 0.15) is 11.7 Å². The van der Waals surface area contributed by atoms with E-state index in [0.29, 0.717) is 16.3 Å². The lowest BCUT2D eigenvalue weighted by Gasteiger charge is -2.12. The molecule has 0 bridgehead atoms. The minimum Gasteiger partial charge on any atom is -0.496 e. The molecule has 0 saturated carbocycles. The number of rotatable bonds is 3. The van der Waals surface area contributed by atoms with E-state index in [1.165, 1.54) is 7.11 Å². The Morgan fingerprint density at radius 3 is 2.85 bits per heavy atom. The van der Waals surface area contributed by atoms with Crippen molar-refractivity contribution in [1.82, 2.24) is 0 Å². The highest BCUT2D eigenvalue weighted by Gasteiger charge is 2.11. The van der Waals surface area contributed by atoms with E-state index in [4.69, 9.17) is 22.1 Å². The molecule has 0 aliphatic carbocycles. The van der Waals surface area contributed by atoms with Crippen LogP contribution in [0.5, 0.6) is 5.75 Å². The molecule has 3 N–H and O–H groups in total. The molecule has 1 unspecified atom stereocenters. The van der Waals surface area contributed by atoms with Crippen LogP contribution in [-0.4, -0.2) is 18.8 Å². The first-order valence-corrected chi connectivity index (χ1v) is 4.28. The van der Waals surface area contributed by atoms with Crippen LogP contribution in [0.3, 0.4) is 0 Å². The molecule has 0 heterocycles. The maximum absolute atomic E-state index is 9.50.